The van der Waals surface area contributed by atoms with Gasteiger partial charge in [0, 0.05) is 22.7 Å². The van der Waals surface area contributed by atoms with Gasteiger partial charge in [-0.05, 0) is 31.2 Å². The summed E-state index contributed by atoms with van der Waals surface area (Å²) in [5, 5.41) is 0. The molecule has 0 bridgehead atoms. The van der Waals surface area contributed by atoms with Crippen LogP contribution in [0.2, 0.25) is 0 Å². The number of esters is 1. The Morgan fingerprint density at radius 1 is 1.55 bits per heavy atom. The average Bonchev–Trinajstić information content (AvgIpc) is 2.94. The van der Waals surface area contributed by atoms with Gasteiger partial charge in [0.25, 0.3) is 0 Å². The van der Waals surface area contributed by atoms with Crippen LogP contribution < -0.4 is 10.6 Å². The van der Waals surface area contributed by atoms with Crippen molar-refractivity contribution in [1.82, 2.24) is 0 Å². The Morgan fingerprint density at radius 2 is 2.30 bits per heavy atom. The second kappa shape index (κ2) is 6.45. The fraction of sp³-hybridized carbons (Fsp3) is 0.429. The molecule has 1 aromatic rings. The van der Waals surface area contributed by atoms with Crippen LogP contribution in [0.1, 0.15) is 18.4 Å². The number of methoxy groups -OCH3 is 1. The van der Waals surface area contributed by atoms with E-state index in [1.807, 2.05) is 24.5 Å². The largest absolute Gasteiger partial charge is 0.467 e. The van der Waals surface area contributed by atoms with Crippen molar-refractivity contribution in [3.8, 4) is 0 Å². The zero-order valence-corrected chi connectivity index (χ0v) is 13.2. The summed E-state index contributed by atoms with van der Waals surface area (Å²) in [6.45, 7) is 0.813. The molecule has 1 atom stereocenters. The molecule has 0 amide bonds. The lowest BCUT2D eigenvalue weighted by molar-refractivity contribution is -0.141. The van der Waals surface area contributed by atoms with Crippen LogP contribution in [0.15, 0.2) is 23.1 Å². The number of thioether (sulfide) groups is 1. The third-order valence-corrected chi connectivity index (χ3v) is 4.49. The van der Waals surface area contributed by atoms with Gasteiger partial charge in [-0.15, -0.1) is 11.8 Å². The number of nitrogens with two attached hydrogens (primary N) is 1. The van der Waals surface area contributed by atoms with Crippen molar-refractivity contribution >= 4 is 40.6 Å². The van der Waals surface area contributed by atoms with Crippen molar-refractivity contribution in [2.45, 2.75) is 23.8 Å². The number of anilines is 1. The van der Waals surface area contributed by atoms with E-state index >= 15 is 0 Å². The van der Waals surface area contributed by atoms with Crippen LogP contribution in [0.4, 0.5) is 5.69 Å². The van der Waals surface area contributed by atoms with Crippen LogP contribution in [-0.4, -0.2) is 36.9 Å². The molecule has 1 aromatic carbocycles. The van der Waals surface area contributed by atoms with E-state index in [0.717, 1.165) is 35.5 Å². The molecule has 0 aliphatic carbocycles. The smallest absolute Gasteiger partial charge is 0.328 e. The summed E-state index contributed by atoms with van der Waals surface area (Å²) in [5.41, 5.74) is 7.67. The van der Waals surface area contributed by atoms with Gasteiger partial charge in [0.15, 0.2) is 0 Å². The zero-order chi connectivity index (χ0) is 14.7. The number of thiocarbonyl (C=S) groups is 1. The topological polar surface area (TPSA) is 55.6 Å². The summed E-state index contributed by atoms with van der Waals surface area (Å²) in [4.78, 5) is 15.4. The molecule has 2 N–H and O–H groups in total. The van der Waals surface area contributed by atoms with Crippen LogP contribution in [0, 0.1) is 0 Å². The van der Waals surface area contributed by atoms with E-state index in [1.165, 1.54) is 7.11 Å². The highest BCUT2D eigenvalue weighted by atomic mass is 32.2. The molecule has 1 heterocycles. The van der Waals surface area contributed by atoms with Gasteiger partial charge >= 0.3 is 5.97 Å². The molecule has 1 unspecified atom stereocenters. The molecule has 108 valence electrons. The first kappa shape index (κ1) is 15.1. The van der Waals surface area contributed by atoms with Crippen molar-refractivity contribution in [2.24, 2.45) is 5.73 Å². The lowest BCUT2D eigenvalue weighted by Gasteiger charge is -2.27. The summed E-state index contributed by atoms with van der Waals surface area (Å²) in [6.07, 6.45) is 3.75. The van der Waals surface area contributed by atoms with Crippen molar-refractivity contribution in [3.63, 3.8) is 0 Å². The first-order valence-electron chi connectivity index (χ1n) is 6.41. The Hall–Kier alpha value is -1.27. The number of hydrogen-bond acceptors (Lipinski definition) is 5. The number of carbonyl (C=O) groups is 1. The van der Waals surface area contributed by atoms with E-state index < -0.39 is 0 Å². The average molecular weight is 310 g/mol. The maximum Gasteiger partial charge on any atom is 0.328 e. The highest BCUT2D eigenvalue weighted by Crippen LogP contribution is 2.34. The number of ether oxygens (including phenoxy) is 1. The van der Waals surface area contributed by atoms with Crippen molar-refractivity contribution in [1.29, 1.82) is 0 Å². The van der Waals surface area contributed by atoms with Crippen molar-refractivity contribution in [3.05, 3.63) is 23.8 Å². The van der Waals surface area contributed by atoms with Gasteiger partial charge in [0.2, 0.25) is 0 Å². The van der Waals surface area contributed by atoms with Gasteiger partial charge in [0.1, 0.15) is 11.0 Å². The third kappa shape index (κ3) is 2.76. The lowest BCUT2D eigenvalue weighted by atomic mass is 10.1. The minimum Gasteiger partial charge on any atom is -0.467 e. The number of hydrogen-bond donors (Lipinski definition) is 1. The Balaban J connectivity index is 2.46. The number of rotatable bonds is 4. The van der Waals surface area contributed by atoms with E-state index in [4.69, 9.17) is 22.7 Å². The van der Waals surface area contributed by atoms with E-state index in [9.17, 15) is 4.79 Å². The predicted octanol–water partition coefficient (Wildman–Crippen LogP) is 2.18. The van der Waals surface area contributed by atoms with E-state index in [-0.39, 0.29) is 12.0 Å². The second-order valence-corrected chi connectivity index (χ2v) is 5.88. The Labute approximate surface area is 128 Å². The normalized spacial score (nSPS) is 18.1. The molecule has 1 aliphatic heterocycles. The molecule has 0 spiro atoms. The van der Waals surface area contributed by atoms with Crippen LogP contribution >= 0.6 is 24.0 Å². The van der Waals surface area contributed by atoms with Gasteiger partial charge < -0.3 is 15.4 Å². The maximum absolute atomic E-state index is 11.9. The summed E-state index contributed by atoms with van der Waals surface area (Å²) in [6, 6.07) is 5.68. The van der Waals surface area contributed by atoms with Crippen LogP contribution in [0.5, 0.6) is 0 Å². The molecule has 4 nitrogen and oxygen atoms in total. The standard InChI is InChI=1S/C14H18N2O2S2/c1-18-14(17)10-6-4-8-16(10)9-5-3-7-11(20-2)12(9)13(15)19/h3,5,7,10H,4,6,8H2,1-2H3,(H2,15,19). The number of carbonyl (C=O) groups excluding carboxylic acids is 1. The fourth-order valence-electron chi connectivity index (χ4n) is 2.61. The van der Waals surface area contributed by atoms with Gasteiger partial charge in [-0.3, -0.25) is 0 Å². The molecule has 0 aromatic heterocycles. The van der Waals surface area contributed by atoms with E-state index in [1.54, 1.807) is 11.8 Å². The molecule has 1 aliphatic rings. The molecule has 20 heavy (non-hydrogen) atoms. The highest BCUT2D eigenvalue weighted by Gasteiger charge is 2.33. The van der Waals surface area contributed by atoms with Crippen LogP contribution in [-0.2, 0) is 9.53 Å². The van der Waals surface area contributed by atoms with E-state index in [2.05, 4.69) is 4.90 Å². The van der Waals surface area contributed by atoms with Gasteiger partial charge in [0.05, 0.1) is 7.11 Å². The summed E-state index contributed by atoms with van der Waals surface area (Å²) in [7, 11) is 1.42. The zero-order valence-electron chi connectivity index (χ0n) is 11.6. The number of nitrogens with zero attached hydrogens (tertiary/aromatic N) is 1. The predicted molar refractivity (Wildman–Crippen MR) is 86.5 cm³/mol. The Bertz CT molecular complexity index is 534. The Morgan fingerprint density at radius 3 is 2.90 bits per heavy atom. The summed E-state index contributed by atoms with van der Waals surface area (Å²) >= 11 is 6.79. The first-order valence-corrected chi connectivity index (χ1v) is 8.04. The minimum atomic E-state index is -0.245. The van der Waals surface area contributed by atoms with Crippen LogP contribution in [0.3, 0.4) is 0 Å². The molecular weight excluding hydrogens is 292 g/mol. The lowest BCUT2D eigenvalue weighted by Crippen LogP contribution is -2.38. The molecule has 6 heteroatoms. The molecule has 0 saturated carbocycles. The summed E-state index contributed by atoms with van der Waals surface area (Å²) in [5.74, 6) is -0.203. The van der Waals surface area contributed by atoms with Crippen molar-refractivity contribution in [2.75, 3.05) is 24.8 Å². The molecule has 1 fully saturated rings. The highest BCUT2D eigenvalue weighted by molar-refractivity contribution is 7.98. The first-order chi connectivity index (χ1) is 9.60. The second-order valence-electron chi connectivity index (χ2n) is 4.59. The molecule has 2 rings (SSSR count). The van der Waals surface area contributed by atoms with Gasteiger partial charge in [-0.25, -0.2) is 4.79 Å². The number of benzene rings is 1. The van der Waals surface area contributed by atoms with Gasteiger partial charge in [-0.2, -0.15) is 0 Å². The molecule has 1 saturated heterocycles. The van der Waals surface area contributed by atoms with Crippen LogP contribution in [0.25, 0.3) is 0 Å². The quantitative estimate of drug-likeness (QED) is 0.523. The molecular formula is C14H18N2O2S2. The Kier molecular flexibility index (Phi) is 4.88. The third-order valence-electron chi connectivity index (χ3n) is 3.51. The van der Waals surface area contributed by atoms with Gasteiger partial charge in [-0.1, -0.05) is 18.3 Å². The SMILES string of the molecule is COC(=O)C1CCCN1c1cccc(SC)c1C(N)=S. The van der Waals surface area contributed by atoms with Crippen molar-refractivity contribution < 1.29 is 9.53 Å². The minimum absolute atomic E-state index is 0.203. The summed E-state index contributed by atoms with van der Waals surface area (Å²) < 4.78 is 4.89. The maximum atomic E-state index is 11.9. The molecule has 0 radical (unpaired) electrons. The van der Waals surface area contributed by atoms with E-state index in [0.29, 0.717) is 4.99 Å². The monoisotopic (exact) mass is 310 g/mol. The fourth-order valence-corrected chi connectivity index (χ4v) is 3.53.